The molecule has 1 atom stereocenters. The predicted octanol–water partition coefficient (Wildman–Crippen LogP) is 4.20. The average Bonchev–Trinajstić information content (AvgIpc) is 2.94. The van der Waals surface area contributed by atoms with E-state index in [9.17, 15) is 4.39 Å². The minimum atomic E-state index is -0.174. The minimum absolute atomic E-state index is 0.174. The molecule has 0 amide bonds. The summed E-state index contributed by atoms with van der Waals surface area (Å²) in [6.07, 6.45) is 2.24. The standard InChI is InChI=1S/C15H18FNS2/c1-17-14(5-2-12-8-9-18-10-12)11-19-15-6-3-13(16)4-7-15/h3-4,6-10,14,17H,2,5,11H2,1H3. The van der Waals surface area contributed by atoms with Gasteiger partial charge >= 0.3 is 0 Å². The molecule has 0 bridgehead atoms. The third-order valence-corrected chi connectivity index (χ3v) is 4.94. The molecule has 1 N–H and O–H groups in total. The first-order valence-corrected chi connectivity index (χ1v) is 8.27. The number of aryl methyl sites for hydroxylation is 1. The van der Waals surface area contributed by atoms with Gasteiger partial charge in [-0.05, 0) is 66.5 Å². The maximum atomic E-state index is 12.8. The summed E-state index contributed by atoms with van der Waals surface area (Å²) in [5.41, 5.74) is 1.41. The van der Waals surface area contributed by atoms with Crippen LogP contribution in [0.5, 0.6) is 0 Å². The molecule has 0 radical (unpaired) electrons. The van der Waals surface area contributed by atoms with Crippen LogP contribution in [-0.2, 0) is 6.42 Å². The highest BCUT2D eigenvalue weighted by Gasteiger charge is 2.07. The summed E-state index contributed by atoms with van der Waals surface area (Å²) in [5.74, 6) is 0.832. The molecule has 0 aliphatic carbocycles. The zero-order valence-electron chi connectivity index (χ0n) is 10.9. The smallest absolute Gasteiger partial charge is 0.123 e. The van der Waals surface area contributed by atoms with Crippen LogP contribution in [0, 0.1) is 5.82 Å². The van der Waals surface area contributed by atoms with Crippen molar-refractivity contribution in [2.24, 2.45) is 0 Å². The van der Waals surface area contributed by atoms with E-state index in [-0.39, 0.29) is 5.82 Å². The SMILES string of the molecule is CNC(CCc1ccsc1)CSc1ccc(F)cc1. The fourth-order valence-electron chi connectivity index (χ4n) is 1.81. The Balaban J connectivity index is 1.77. The normalized spacial score (nSPS) is 12.5. The number of nitrogens with one attached hydrogen (secondary N) is 1. The summed E-state index contributed by atoms with van der Waals surface area (Å²) in [4.78, 5) is 1.12. The topological polar surface area (TPSA) is 12.0 Å². The summed E-state index contributed by atoms with van der Waals surface area (Å²) in [6.45, 7) is 0. The van der Waals surface area contributed by atoms with Crippen LogP contribution in [0.15, 0.2) is 46.0 Å². The van der Waals surface area contributed by atoms with Crippen LogP contribution < -0.4 is 5.32 Å². The molecule has 0 saturated carbocycles. The first kappa shape index (κ1) is 14.6. The molecule has 1 nitrogen and oxygen atoms in total. The molecule has 2 rings (SSSR count). The van der Waals surface area contributed by atoms with Gasteiger partial charge in [0.2, 0.25) is 0 Å². The zero-order valence-corrected chi connectivity index (χ0v) is 12.6. The first-order chi connectivity index (χ1) is 9.28. The second kappa shape index (κ2) is 7.68. The second-order valence-electron chi connectivity index (χ2n) is 4.42. The van der Waals surface area contributed by atoms with Crippen molar-refractivity contribution in [3.8, 4) is 0 Å². The molecule has 2 aromatic rings. The van der Waals surface area contributed by atoms with E-state index in [1.54, 1.807) is 23.1 Å². The molecule has 19 heavy (non-hydrogen) atoms. The Morgan fingerprint density at radius 1 is 1.26 bits per heavy atom. The molecule has 102 valence electrons. The van der Waals surface area contributed by atoms with E-state index in [2.05, 4.69) is 22.1 Å². The van der Waals surface area contributed by atoms with Crippen molar-refractivity contribution in [3.63, 3.8) is 0 Å². The lowest BCUT2D eigenvalue weighted by Crippen LogP contribution is -2.28. The fraction of sp³-hybridized carbons (Fsp3) is 0.333. The molecule has 1 aromatic heterocycles. The highest BCUT2D eigenvalue weighted by atomic mass is 32.2. The summed E-state index contributed by atoms with van der Waals surface area (Å²) >= 11 is 3.52. The molecule has 0 fully saturated rings. The van der Waals surface area contributed by atoms with Crippen LogP contribution in [0.3, 0.4) is 0 Å². The van der Waals surface area contributed by atoms with Crippen LogP contribution in [0.25, 0.3) is 0 Å². The van der Waals surface area contributed by atoms with Crippen LogP contribution in [0.1, 0.15) is 12.0 Å². The van der Waals surface area contributed by atoms with Gasteiger partial charge in [0.15, 0.2) is 0 Å². The van der Waals surface area contributed by atoms with E-state index in [1.807, 2.05) is 19.2 Å². The van der Waals surface area contributed by atoms with E-state index >= 15 is 0 Å². The monoisotopic (exact) mass is 295 g/mol. The zero-order chi connectivity index (χ0) is 13.5. The average molecular weight is 295 g/mol. The van der Waals surface area contributed by atoms with Crippen molar-refractivity contribution in [3.05, 3.63) is 52.5 Å². The molecular weight excluding hydrogens is 277 g/mol. The lowest BCUT2D eigenvalue weighted by molar-refractivity contribution is 0.573. The van der Waals surface area contributed by atoms with Gasteiger partial charge in [0.1, 0.15) is 5.82 Å². The van der Waals surface area contributed by atoms with Gasteiger partial charge in [0, 0.05) is 16.7 Å². The van der Waals surface area contributed by atoms with Crippen molar-refractivity contribution >= 4 is 23.1 Å². The van der Waals surface area contributed by atoms with Gasteiger partial charge in [-0.25, -0.2) is 4.39 Å². The molecular formula is C15H18FNS2. The van der Waals surface area contributed by atoms with Crippen LogP contribution in [-0.4, -0.2) is 18.8 Å². The highest BCUT2D eigenvalue weighted by Crippen LogP contribution is 2.20. The van der Waals surface area contributed by atoms with E-state index in [4.69, 9.17) is 0 Å². The van der Waals surface area contributed by atoms with Crippen molar-refractivity contribution in [1.29, 1.82) is 0 Å². The minimum Gasteiger partial charge on any atom is -0.316 e. The molecule has 0 saturated heterocycles. The highest BCUT2D eigenvalue weighted by molar-refractivity contribution is 7.99. The number of halogens is 1. The van der Waals surface area contributed by atoms with Gasteiger partial charge in [-0.3, -0.25) is 0 Å². The third kappa shape index (κ3) is 4.97. The predicted molar refractivity (Wildman–Crippen MR) is 82.6 cm³/mol. The maximum absolute atomic E-state index is 12.8. The summed E-state index contributed by atoms with van der Waals surface area (Å²) in [6, 6.07) is 9.38. The van der Waals surface area contributed by atoms with Crippen LogP contribution in [0.4, 0.5) is 4.39 Å². The Labute approximate surface area is 122 Å². The second-order valence-corrected chi connectivity index (χ2v) is 6.29. The van der Waals surface area contributed by atoms with Gasteiger partial charge in [0.05, 0.1) is 0 Å². The summed E-state index contributed by atoms with van der Waals surface area (Å²) in [5, 5.41) is 7.68. The van der Waals surface area contributed by atoms with Gasteiger partial charge in [-0.1, -0.05) is 0 Å². The van der Waals surface area contributed by atoms with E-state index in [0.29, 0.717) is 6.04 Å². The molecule has 4 heteroatoms. The van der Waals surface area contributed by atoms with E-state index in [0.717, 1.165) is 23.5 Å². The van der Waals surface area contributed by atoms with Crippen molar-refractivity contribution in [1.82, 2.24) is 5.32 Å². The number of hydrogen-bond acceptors (Lipinski definition) is 3. The van der Waals surface area contributed by atoms with Gasteiger partial charge < -0.3 is 5.32 Å². The number of benzene rings is 1. The maximum Gasteiger partial charge on any atom is 0.123 e. The third-order valence-electron chi connectivity index (χ3n) is 3.03. The fourth-order valence-corrected chi connectivity index (χ4v) is 3.57. The number of rotatable bonds is 7. The Morgan fingerprint density at radius 2 is 2.05 bits per heavy atom. The van der Waals surface area contributed by atoms with Crippen molar-refractivity contribution < 1.29 is 4.39 Å². The van der Waals surface area contributed by atoms with Crippen molar-refractivity contribution in [2.75, 3.05) is 12.8 Å². The Morgan fingerprint density at radius 3 is 2.68 bits per heavy atom. The van der Waals surface area contributed by atoms with Crippen LogP contribution in [0.2, 0.25) is 0 Å². The van der Waals surface area contributed by atoms with E-state index in [1.165, 1.54) is 17.7 Å². The molecule has 0 spiro atoms. The lowest BCUT2D eigenvalue weighted by Gasteiger charge is -2.15. The molecule has 1 unspecified atom stereocenters. The Hall–Kier alpha value is -0.840. The number of hydrogen-bond donors (Lipinski definition) is 1. The van der Waals surface area contributed by atoms with Gasteiger partial charge in [-0.15, -0.1) is 11.8 Å². The molecule has 0 aliphatic heterocycles. The quantitative estimate of drug-likeness (QED) is 0.768. The van der Waals surface area contributed by atoms with E-state index < -0.39 is 0 Å². The summed E-state index contributed by atoms with van der Waals surface area (Å²) < 4.78 is 12.8. The first-order valence-electron chi connectivity index (χ1n) is 6.34. The molecule has 1 heterocycles. The number of thioether (sulfide) groups is 1. The van der Waals surface area contributed by atoms with Gasteiger partial charge in [-0.2, -0.15) is 11.3 Å². The largest absolute Gasteiger partial charge is 0.316 e. The van der Waals surface area contributed by atoms with Gasteiger partial charge in [0.25, 0.3) is 0 Å². The Bertz CT molecular complexity index is 467. The molecule has 1 aromatic carbocycles. The lowest BCUT2D eigenvalue weighted by atomic mass is 10.1. The summed E-state index contributed by atoms with van der Waals surface area (Å²) in [7, 11) is 2.00. The van der Waals surface area contributed by atoms with Crippen LogP contribution >= 0.6 is 23.1 Å². The Kier molecular flexibility index (Phi) is 5.89. The molecule has 0 aliphatic rings. The van der Waals surface area contributed by atoms with Crippen molar-refractivity contribution in [2.45, 2.75) is 23.8 Å². The number of thiophene rings is 1.